The van der Waals surface area contributed by atoms with Crippen LogP contribution in [0.15, 0.2) is 36.0 Å². The smallest absolute Gasteiger partial charge is 0.352 e. The lowest BCUT2D eigenvalue weighted by Gasteiger charge is -2.20. The molecule has 4 heteroatoms. The molecule has 1 aromatic rings. The van der Waals surface area contributed by atoms with Gasteiger partial charge in [0.2, 0.25) is 5.91 Å². The molecule has 2 N–H and O–H groups in total. The van der Waals surface area contributed by atoms with Crippen molar-refractivity contribution in [1.29, 1.82) is 0 Å². The second-order valence-electron chi connectivity index (χ2n) is 5.10. The van der Waals surface area contributed by atoms with E-state index in [0.29, 0.717) is 0 Å². The zero-order chi connectivity index (χ0) is 14.4. The first kappa shape index (κ1) is 14.3. The van der Waals surface area contributed by atoms with Crippen molar-refractivity contribution in [2.75, 3.05) is 0 Å². The molecule has 2 rings (SSSR count). The van der Waals surface area contributed by atoms with Gasteiger partial charge in [-0.1, -0.05) is 49.6 Å². The summed E-state index contributed by atoms with van der Waals surface area (Å²) in [5.41, 5.74) is 0.695. The van der Waals surface area contributed by atoms with E-state index in [-0.39, 0.29) is 17.5 Å². The fourth-order valence-corrected chi connectivity index (χ4v) is 2.47. The van der Waals surface area contributed by atoms with Crippen molar-refractivity contribution >= 4 is 18.0 Å². The first-order chi connectivity index (χ1) is 9.66. The molecule has 1 saturated carbocycles. The Bertz CT molecular complexity index is 502. The number of benzene rings is 1. The first-order valence-corrected chi connectivity index (χ1v) is 6.98. The monoisotopic (exact) mass is 273 g/mol. The van der Waals surface area contributed by atoms with Crippen LogP contribution in [0.25, 0.3) is 6.08 Å². The molecule has 0 bridgehead atoms. The van der Waals surface area contributed by atoms with E-state index in [9.17, 15) is 14.7 Å². The highest BCUT2D eigenvalue weighted by atomic mass is 16.4. The van der Waals surface area contributed by atoms with E-state index in [1.54, 1.807) is 12.1 Å². The Morgan fingerprint density at radius 1 is 1.10 bits per heavy atom. The van der Waals surface area contributed by atoms with Gasteiger partial charge in [-0.3, -0.25) is 4.79 Å². The molecule has 1 amide bonds. The summed E-state index contributed by atoms with van der Waals surface area (Å²) in [6, 6.07) is 9.12. The highest BCUT2D eigenvalue weighted by Crippen LogP contribution is 2.24. The van der Waals surface area contributed by atoms with E-state index >= 15 is 0 Å². The largest absolute Gasteiger partial charge is 0.477 e. The van der Waals surface area contributed by atoms with E-state index < -0.39 is 5.97 Å². The summed E-state index contributed by atoms with van der Waals surface area (Å²) in [5, 5.41) is 11.8. The fourth-order valence-electron chi connectivity index (χ4n) is 2.47. The van der Waals surface area contributed by atoms with Crippen molar-refractivity contribution in [1.82, 2.24) is 5.32 Å². The van der Waals surface area contributed by atoms with Crippen molar-refractivity contribution in [2.45, 2.75) is 32.1 Å². The summed E-state index contributed by atoms with van der Waals surface area (Å²) in [5.74, 6) is -1.34. The molecule has 4 nitrogen and oxygen atoms in total. The molecule has 0 radical (unpaired) electrons. The molecule has 1 aliphatic rings. The summed E-state index contributed by atoms with van der Waals surface area (Å²) in [6.45, 7) is 0. The normalized spacial score (nSPS) is 16.7. The van der Waals surface area contributed by atoms with Crippen LogP contribution in [0.1, 0.15) is 37.7 Å². The maximum absolute atomic E-state index is 12.1. The zero-order valence-electron chi connectivity index (χ0n) is 11.3. The molecule has 106 valence electrons. The van der Waals surface area contributed by atoms with Gasteiger partial charge in [0.15, 0.2) is 0 Å². The minimum Gasteiger partial charge on any atom is -0.477 e. The van der Waals surface area contributed by atoms with Crippen LogP contribution in [0.4, 0.5) is 0 Å². The third-order valence-electron chi connectivity index (χ3n) is 3.57. The summed E-state index contributed by atoms with van der Waals surface area (Å²) in [7, 11) is 0. The lowest BCUT2D eigenvalue weighted by molar-refractivity contribution is -0.135. The molecule has 0 unspecified atom stereocenters. The van der Waals surface area contributed by atoms with E-state index in [4.69, 9.17) is 0 Å². The summed E-state index contributed by atoms with van der Waals surface area (Å²) >= 11 is 0. The first-order valence-electron chi connectivity index (χ1n) is 6.98. The number of hydrogen-bond donors (Lipinski definition) is 2. The average Bonchev–Trinajstić information content (AvgIpc) is 2.48. The maximum atomic E-state index is 12.1. The van der Waals surface area contributed by atoms with E-state index in [1.807, 2.05) is 18.2 Å². The number of amides is 1. The predicted molar refractivity (Wildman–Crippen MR) is 76.8 cm³/mol. The maximum Gasteiger partial charge on any atom is 0.352 e. The molecule has 0 aromatic heterocycles. The number of carboxylic acid groups (broad SMARTS) is 1. The highest BCUT2D eigenvalue weighted by Gasteiger charge is 2.23. The minimum absolute atomic E-state index is 0.0535. The lowest BCUT2D eigenvalue weighted by atomic mass is 9.88. The molecule has 0 spiro atoms. The SMILES string of the molecule is O=C(O)/C(=C\c1ccccc1)NC(=O)C1CCCCC1. The molecule has 0 saturated heterocycles. The van der Waals surface area contributed by atoms with Gasteiger partial charge in [-0.15, -0.1) is 0 Å². The number of carbonyl (C=O) groups is 2. The second kappa shape index (κ2) is 6.89. The molecule has 1 aliphatic carbocycles. The third kappa shape index (κ3) is 3.95. The molecule has 1 aromatic carbocycles. The van der Waals surface area contributed by atoms with Crippen LogP contribution in [-0.2, 0) is 9.59 Å². The van der Waals surface area contributed by atoms with E-state index in [0.717, 1.165) is 37.7 Å². The molecule has 20 heavy (non-hydrogen) atoms. The number of carbonyl (C=O) groups excluding carboxylic acids is 1. The van der Waals surface area contributed by atoms with E-state index in [1.165, 1.54) is 6.08 Å². The van der Waals surface area contributed by atoms with Crippen molar-refractivity contribution < 1.29 is 14.7 Å². The van der Waals surface area contributed by atoms with Gasteiger partial charge in [0.1, 0.15) is 5.70 Å². The van der Waals surface area contributed by atoms with Crippen molar-refractivity contribution in [3.63, 3.8) is 0 Å². The van der Waals surface area contributed by atoms with Crippen molar-refractivity contribution in [3.05, 3.63) is 41.6 Å². The molecule has 0 atom stereocenters. The minimum atomic E-state index is -1.11. The summed E-state index contributed by atoms with van der Waals surface area (Å²) in [6.07, 6.45) is 6.44. The van der Waals surface area contributed by atoms with Crippen LogP contribution in [0.3, 0.4) is 0 Å². The fraction of sp³-hybridized carbons (Fsp3) is 0.375. The number of rotatable bonds is 4. The number of nitrogens with one attached hydrogen (secondary N) is 1. The number of aliphatic carboxylic acids is 1. The summed E-state index contributed by atoms with van der Waals surface area (Å²) < 4.78 is 0. The molecular weight excluding hydrogens is 254 g/mol. The van der Waals surface area contributed by atoms with Gasteiger partial charge in [-0.05, 0) is 24.5 Å². The Kier molecular flexibility index (Phi) is 4.93. The second-order valence-corrected chi connectivity index (χ2v) is 5.10. The van der Waals surface area contributed by atoms with Gasteiger partial charge in [0.05, 0.1) is 0 Å². The van der Waals surface area contributed by atoms with Gasteiger partial charge in [0, 0.05) is 5.92 Å². The number of carboxylic acids is 1. The Labute approximate surface area is 118 Å². The van der Waals surface area contributed by atoms with Crippen LogP contribution < -0.4 is 5.32 Å². The lowest BCUT2D eigenvalue weighted by Crippen LogP contribution is -2.33. The Balaban J connectivity index is 2.08. The topological polar surface area (TPSA) is 66.4 Å². The predicted octanol–water partition coefficient (Wildman–Crippen LogP) is 2.81. The van der Waals surface area contributed by atoms with Gasteiger partial charge in [-0.25, -0.2) is 4.79 Å². The molecule has 0 aliphatic heterocycles. The van der Waals surface area contributed by atoms with Crippen LogP contribution in [0.2, 0.25) is 0 Å². The van der Waals surface area contributed by atoms with Crippen molar-refractivity contribution in [3.8, 4) is 0 Å². The van der Waals surface area contributed by atoms with Crippen LogP contribution >= 0.6 is 0 Å². The average molecular weight is 273 g/mol. The van der Waals surface area contributed by atoms with Gasteiger partial charge in [0.25, 0.3) is 0 Å². The van der Waals surface area contributed by atoms with Gasteiger partial charge in [-0.2, -0.15) is 0 Å². The highest BCUT2D eigenvalue weighted by molar-refractivity contribution is 5.97. The standard InChI is InChI=1S/C16H19NO3/c18-15(13-9-5-2-6-10-13)17-14(16(19)20)11-12-7-3-1-4-8-12/h1,3-4,7-8,11,13H,2,5-6,9-10H2,(H,17,18)(H,19,20)/b14-11+. The van der Waals surface area contributed by atoms with Crippen LogP contribution in [-0.4, -0.2) is 17.0 Å². The molecular formula is C16H19NO3. The quantitative estimate of drug-likeness (QED) is 0.829. The Morgan fingerprint density at radius 3 is 2.35 bits per heavy atom. The number of hydrogen-bond acceptors (Lipinski definition) is 2. The Hall–Kier alpha value is -2.10. The zero-order valence-corrected chi connectivity index (χ0v) is 11.3. The van der Waals surface area contributed by atoms with Gasteiger partial charge >= 0.3 is 5.97 Å². The molecule has 0 heterocycles. The van der Waals surface area contributed by atoms with Crippen molar-refractivity contribution in [2.24, 2.45) is 5.92 Å². The van der Waals surface area contributed by atoms with E-state index in [2.05, 4.69) is 5.32 Å². The third-order valence-corrected chi connectivity index (χ3v) is 3.57. The molecule has 1 fully saturated rings. The van der Waals surface area contributed by atoms with Crippen LogP contribution in [0, 0.1) is 5.92 Å². The van der Waals surface area contributed by atoms with Gasteiger partial charge < -0.3 is 10.4 Å². The summed E-state index contributed by atoms with van der Waals surface area (Å²) in [4.78, 5) is 23.3. The van der Waals surface area contributed by atoms with Crippen LogP contribution in [0.5, 0.6) is 0 Å². The Morgan fingerprint density at radius 2 is 1.75 bits per heavy atom.